The molecule has 8 nitrogen and oxygen atoms in total. The van der Waals surface area contributed by atoms with E-state index < -0.39 is 27.2 Å². The van der Waals surface area contributed by atoms with Gasteiger partial charge in [0, 0.05) is 12.1 Å². The third-order valence-corrected chi connectivity index (χ3v) is 4.29. The van der Waals surface area contributed by atoms with Crippen LogP contribution in [-0.2, 0) is 4.74 Å². The van der Waals surface area contributed by atoms with Gasteiger partial charge in [-0.25, -0.2) is 4.79 Å². The van der Waals surface area contributed by atoms with Gasteiger partial charge >= 0.3 is 5.97 Å². The van der Waals surface area contributed by atoms with Crippen LogP contribution >= 0.6 is 0 Å². The number of hydrogen-bond acceptors (Lipinski definition) is 6. The second-order valence-electron chi connectivity index (χ2n) is 6.57. The van der Waals surface area contributed by atoms with Gasteiger partial charge in [0.2, 0.25) is 0 Å². The molecule has 0 unspecified atom stereocenters. The number of carbonyl (C=O) groups excluding carboxylic acids is 1. The number of benzene rings is 1. The van der Waals surface area contributed by atoms with E-state index in [1.165, 1.54) is 38.5 Å². The van der Waals surface area contributed by atoms with E-state index >= 15 is 0 Å². The van der Waals surface area contributed by atoms with E-state index in [0.717, 1.165) is 37.5 Å². The number of hydrogen-bond donors (Lipinski definition) is 0. The third kappa shape index (κ3) is 9.12. The lowest BCUT2D eigenvalue weighted by Crippen LogP contribution is -2.08. The molecular weight excluding hydrogens is 352 g/mol. The van der Waals surface area contributed by atoms with Crippen LogP contribution in [0.5, 0.6) is 0 Å². The molecule has 0 saturated heterocycles. The van der Waals surface area contributed by atoms with Crippen LogP contribution in [0.1, 0.15) is 81.5 Å². The molecular formula is C19H28N2O6. The van der Waals surface area contributed by atoms with Crippen LogP contribution in [0.3, 0.4) is 0 Å². The second-order valence-corrected chi connectivity index (χ2v) is 6.57. The van der Waals surface area contributed by atoms with E-state index in [9.17, 15) is 25.0 Å². The number of nitro groups is 2. The summed E-state index contributed by atoms with van der Waals surface area (Å²) in [6.07, 6.45) is 11.5. The summed E-state index contributed by atoms with van der Waals surface area (Å²) in [5.74, 6) is -0.780. The number of rotatable bonds is 14. The molecule has 0 atom stereocenters. The first-order valence-corrected chi connectivity index (χ1v) is 9.56. The Morgan fingerprint density at radius 3 is 1.70 bits per heavy atom. The van der Waals surface area contributed by atoms with Crippen molar-refractivity contribution in [3.05, 3.63) is 44.0 Å². The molecule has 150 valence electrons. The minimum Gasteiger partial charge on any atom is -0.462 e. The zero-order valence-electron chi connectivity index (χ0n) is 15.9. The highest BCUT2D eigenvalue weighted by atomic mass is 16.6. The predicted octanol–water partition coefficient (Wildman–Crippen LogP) is 5.58. The van der Waals surface area contributed by atoms with Crippen molar-refractivity contribution in [2.45, 2.75) is 71.1 Å². The zero-order chi connectivity index (χ0) is 20.1. The molecule has 8 heteroatoms. The van der Waals surface area contributed by atoms with Gasteiger partial charge in [-0.2, -0.15) is 0 Å². The van der Waals surface area contributed by atoms with Gasteiger partial charge in [0.05, 0.1) is 28.1 Å². The maximum Gasteiger partial charge on any atom is 0.338 e. The Hall–Kier alpha value is -2.51. The number of nitro benzene ring substituents is 2. The Kier molecular flexibility index (Phi) is 10.7. The molecule has 0 heterocycles. The van der Waals surface area contributed by atoms with Crippen LogP contribution in [0.15, 0.2) is 18.2 Å². The van der Waals surface area contributed by atoms with Gasteiger partial charge < -0.3 is 4.74 Å². The van der Waals surface area contributed by atoms with Gasteiger partial charge in [-0.15, -0.1) is 0 Å². The Morgan fingerprint density at radius 2 is 1.26 bits per heavy atom. The van der Waals surface area contributed by atoms with E-state index in [1.54, 1.807) is 0 Å². The summed E-state index contributed by atoms with van der Waals surface area (Å²) in [4.78, 5) is 32.1. The number of ether oxygens (including phenoxy) is 1. The van der Waals surface area contributed by atoms with Crippen molar-refractivity contribution in [2.75, 3.05) is 6.61 Å². The van der Waals surface area contributed by atoms with Crippen LogP contribution in [0.25, 0.3) is 0 Å². The maximum absolute atomic E-state index is 12.0. The molecule has 0 N–H and O–H groups in total. The highest BCUT2D eigenvalue weighted by molar-refractivity contribution is 5.91. The molecule has 0 radical (unpaired) electrons. The standard InChI is InChI=1S/C19H28N2O6/c1-2-3-4-5-6-7-8-9-10-11-12-27-19(22)16-13-17(20(23)24)15-18(14-16)21(25)26/h13-15H,2-12H2,1H3. The van der Waals surface area contributed by atoms with Gasteiger partial charge in [-0.1, -0.05) is 64.7 Å². The van der Waals surface area contributed by atoms with E-state index in [1.807, 2.05) is 0 Å². The lowest BCUT2D eigenvalue weighted by molar-refractivity contribution is -0.394. The van der Waals surface area contributed by atoms with Gasteiger partial charge in [0.1, 0.15) is 0 Å². The lowest BCUT2D eigenvalue weighted by atomic mass is 10.1. The molecule has 0 aliphatic heterocycles. The molecule has 0 aromatic heterocycles. The van der Waals surface area contributed by atoms with E-state index in [4.69, 9.17) is 4.74 Å². The fourth-order valence-electron chi connectivity index (χ4n) is 2.76. The van der Waals surface area contributed by atoms with Gasteiger partial charge in [0.15, 0.2) is 0 Å². The Morgan fingerprint density at radius 1 is 0.815 bits per heavy atom. The van der Waals surface area contributed by atoms with Crippen molar-refractivity contribution in [1.29, 1.82) is 0 Å². The minimum absolute atomic E-state index is 0.178. The molecule has 0 aliphatic carbocycles. The average Bonchev–Trinajstić information content (AvgIpc) is 2.65. The molecule has 0 fully saturated rings. The monoisotopic (exact) mass is 380 g/mol. The summed E-state index contributed by atoms with van der Waals surface area (Å²) >= 11 is 0. The SMILES string of the molecule is CCCCCCCCCCCCOC(=O)c1cc([N+](=O)[O-])cc([N+](=O)[O-])c1. The number of unbranched alkanes of at least 4 members (excludes halogenated alkanes) is 9. The smallest absolute Gasteiger partial charge is 0.338 e. The summed E-state index contributed by atoms with van der Waals surface area (Å²) in [5.41, 5.74) is -1.19. The van der Waals surface area contributed by atoms with Crippen LogP contribution < -0.4 is 0 Å². The Labute approximate surface area is 159 Å². The number of non-ortho nitro benzene ring substituents is 2. The first-order valence-electron chi connectivity index (χ1n) is 9.56. The molecule has 0 bridgehead atoms. The van der Waals surface area contributed by atoms with Crippen molar-refractivity contribution >= 4 is 17.3 Å². The predicted molar refractivity (Wildman–Crippen MR) is 102 cm³/mol. The van der Waals surface area contributed by atoms with Crippen molar-refractivity contribution in [3.8, 4) is 0 Å². The van der Waals surface area contributed by atoms with E-state index in [-0.39, 0.29) is 12.2 Å². The zero-order valence-corrected chi connectivity index (χ0v) is 15.9. The number of esters is 1. The highest BCUT2D eigenvalue weighted by Gasteiger charge is 2.20. The van der Waals surface area contributed by atoms with Crippen LogP contribution in [0.4, 0.5) is 11.4 Å². The molecule has 0 spiro atoms. The van der Waals surface area contributed by atoms with Crippen LogP contribution in [0.2, 0.25) is 0 Å². The summed E-state index contributed by atoms with van der Waals surface area (Å²) in [5, 5.41) is 21.7. The summed E-state index contributed by atoms with van der Waals surface area (Å²) in [6.45, 7) is 2.40. The number of carbonyl (C=O) groups is 1. The number of nitrogens with zero attached hydrogens (tertiary/aromatic N) is 2. The minimum atomic E-state index is -0.780. The average molecular weight is 380 g/mol. The van der Waals surface area contributed by atoms with Crippen LogP contribution in [-0.4, -0.2) is 22.4 Å². The van der Waals surface area contributed by atoms with Crippen molar-refractivity contribution < 1.29 is 19.4 Å². The largest absolute Gasteiger partial charge is 0.462 e. The molecule has 1 aromatic carbocycles. The van der Waals surface area contributed by atoms with E-state index in [0.29, 0.717) is 6.42 Å². The third-order valence-electron chi connectivity index (χ3n) is 4.29. The van der Waals surface area contributed by atoms with Gasteiger partial charge in [-0.3, -0.25) is 20.2 Å². The first kappa shape index (κ1) is 22.5. The topological polar surface area (TPSA) is 113 Å². The Bertz CT molecular complexity index is 600. The fraction of sp³-hybridized carbons (Fsp3) is 0.632. The maximum atomic E-state index is 12.0. The van der Waals surface area contributed by atoms with E-state index in [2.05, 4.69) is 6.92 Å². The quantitative estimate of drug-likeness (QED) is 0.180. The van der Waals surface area contributed by atoms with Crippen molar-refractivity contribution in [2.24, 2.45) is 0 Å². The van der Waals surface area contributed by atoms with Crippen molar-refractivity contribution in [3.63, 3.8) is 0 Å². The first-order chi connectivity index (χ1) is 13.0. The van der Waals surface area contributed by atoms with Gasteiger partial charge in [-0.05, 0) is 6.42 Å². The second kappa shape index (κ2) is 12.8. The highest BCUT2D eigenvalue weighted by Crippen LogP contribution is 2.23. The molecule has 0 aliphatic rings. The molecule has 0 saturated carbocycles. The molecule has 1 aromatic rings. The fourth-order valence-corrected chi connectivity index (χ4v) is 2.76. The van der Waals surface area contributed by atoms with Crippen molar-refractivity contribution in [1.82, 2.24) is 0 Å². The Balaban J connectivity index is 2.29. The van der Waals surface area contributed by atoms with Crippen LogP contribution in [0, 0.1) is 20.2 Å². The lowest BCUT2D eigenvalue weighted by Gasteiger charge is -2.05. The molecule has 1 rings (SSSR count). The summed E-state index contributed by atoms with van der Waals surface area (Å²) < 4.78 is 5.09. The normalized spacial score (nSPS) is 10.6. The summed E-state index contributed by atoms with van der Waals surface area (Å²) in [7, 11) is 0. The van der Waals surface area contributed by atoms with Gasteiger partial charge in [0.25, 0.3) is 11.4 Å². The summed E-state index contributed by atoms with van der Waals surface area (Å²) in [6, 6.07) is 2.81. The molecule has 0 amide bonds. The molecule has 27 heavy (non-hydrogen) atoms.